The maximum atomic E-state index is 5.52. The zero-order valence-electron chi connectivity index (χ0n) is 10.5. The van der Waals surface area contributed by atoms with Crippen LogP contribution >= 0.6 is 12.2 Å². The molecule has 0 amide bonds. The van der Waals surface area contributed by atoms with E-state index in [9.17, 15) is 0 Å². The summed E-state index contributed by atoms with van der Waals surface area (Å²) < 4.78 is 0. The van der Waals surface area contributed by atoms with Crippen molar-refractivity contribution in [2.75, 3.05) is 11.9 Å². The van der Waals surface area contributed by atoms with E-state index in [2.05, 4.69) is 28.4 Å². The van der Waals surface area contributed by atoms with Crippen molar-refractivity contribution < 1.29 is 0 Å². The molecule has 1 aromatic rings. The van der Waals surface area contributed by atoms with Crippen molar-refractivity contribution in [3.8, 4) is 0 Å². The normalized spacial score (nSPS) is 23.0. The van der Waals surface area contributed by atoms with Crippen molar-refractivity contribution in [3.63, 3.8) is 0 Å². The third-order valence-electron chi connectivity index (χ3n) is 4.05. The topological polar surface area (TPSA) is 41.3 Å². The van der Waals surface area contributed by atoms with Crippen molar-refractivity contribution in [1.29, 1.82) is 0 Å². The molecule has 1 saturated heterocycles. The van der Waals surface area contributed by atoms with E-state index in [0.717, 1.165) is 18.3 Å². The van der Waals surface area contributed by atoms with Crippen molar-refractivity contribution in [2.45, 2.75) is 38.3 Å². The van der Waals surface area contributed by atoms with Gasteiger partial charge >= 0.3 is 0 Å². The van der Waals surface area contributed by atoms with Gasteiger partial charge in [0.1, 0.15) is 0 Å². The molecule has 1 aromatic carbocycles. The van der Waals surface area contributed by atoms with Gasteiger partial charge in [-0.15, -0.1) is 0 Å². The van der Waals surface area contributed by atoms with Crippen molar-refractivity contribution >= 4 is 23.0 Å². The quantitative estimate of drug-likeness (QED) is 0.761. The van der Waals surface area contributed by atoms with Crippen LogP contribution in [0.1, 0.15) is 30.4 Å². The predicted octanol–water partition coefficient (Wildman–Crippen LogP) is 2.25. The molecule has 96 valence electrons. The smallest absolute Gasteiger partial charge is 0.168 e. The van der Waals surface area contributed by atoms with Crippen LogP contribution in [0.5, 0.6) is 0 Å². The Labute approximate surface area is 113 Å². The fraction of sp³-hybridized carbons (Fsp3) is 0.500. The summed E-state index contributed by atoms with van der Waals surface area (Å²) in [5.74, 6) is 0. The summed E-state index contributed by atoms with van der Waals surface area (Å²) in [7, 11) is 0. The summed E-state index contributed by atoms with van der Waals surface area (Å²) in [6, 6.07) is 7.26. The van der Waals surface area contributed by atoms with E-state index in [1.165, 1.54) is 43.4 Å². The van der Waals surface area contributed by atoms with Gasteiger partial charge in [0.15, 0.2) is 5.11 Å². The molecule has 1 unspecified atom stereocenters. The first-order valence-electron chi connectivity index (χ1n) is 6.65. The zero-order chi connectivity index (χ0) is 12.5. The minimum atomic E-state index is 0.335. The number of nitrogens with one attached hydrogen (secondary N) is 1. The van der Waals surface area contributed by atoms with E-state index in [0.29, 0.717) is 5.11 Å². The monoisotopic (exact) mass is 261 g/mol. The Bertz CT molecular complexity index is 472. The third kappa shape index (κ3) is 2.35. The number of anilines is 1. The van der Waals surface area contributed by atoms with Gasteiger partial charge < -0.3 is 11.1 Å². The molecule has 0 aromatic heterocycles. The summed E-state index contributed by atoms with van der Waals surface area (Å²) in [6.07, 6.45) is 5.28. The molecule has 3 rings (SSSR count). The van der Waals surface area contributed by atoms with Crippen LogP contribution in [0.25, 0.3) is 0 Å². The minimum absolute atomic E-state index is 0.335. The number of hydrogen-bond donors (Lipinski definition) is 2. The van der Waals surface area contributed by atoms with Crippen LogP contribution in [-0.2, 0) is 13.0 Å². The highest BCUT2D eigenvalue weighted by Crippen LogP contribution is 2.30. The van der Waals surface area contributed by atoms with Crippen LogP contribution in [-0.4, -0.2) is 22.6 Å². The number of thiocarbonyl (C=S) groups is 1. The number of benzene rings is 1. The van der Waals surface area contributed by atoms with Gasteiger partial charge in [-0.05, 0) is 61.3 Å². The van der Waals surface area contributed by atoms with Crippen LogP contribution in [0.3, 0.4) is 0 Å². The summed E-state index contributed by atoms with van der Waals surface area (Å²) in [6.45, 7) is 2.32. The SMILES string of the molecule is NC(=S)Nc1ccc2c(c1)CN1CCCCC1C2. The molecule has 3 nitrogen and oxygen atoms in total. The zero-order valence-corrected chi connectivity index (χ0v) is 11.3. The second-order valence-corrected chi connectivity index (χ2v) is 5.74. The number of piperidine rings is 1. The molecule has 1 atom stereocenters. The first kappa shape index (κ1) is 11.9. The van der Waals surface area contributed by atoms with Gasteiger partial charge in [-0.25, -0.2) is 0 Å². The van der Waals surface area contributed by atoms with Gasteiger partial charge in [-0.2, -0.15) is 0 Å². The van der Waals surface area contributed by atoms with Gasteiger partial charge in [-0.1, -0.05) is 12.5 Å². The fourth-order valence-corrected chi connectivity index (χ4v) is 3.28. The Kier molecular flexibility index (Phi) is 3.22. The van der Waals surface area contributed by atoms with Gasteiger partial charge in [0.05, 0.1) is 0 Å². The second kappa shape index (κ2) is 4.86. The van der Waals surface area contributed by atoms with E-state index in [1.54, 1.807) is 0 Å². The van der Waals surface area contributed by atoms with Gasteiger partial charge in [0, 0.05) is 18.3 Å². The number of nitrogens with two attached hydrogens (primary N) is 1. The van der Waals surface area contributed by atoms with E-state index < -0.39 is 0 Å². The largest absolute Gasteiger partial charge is 0.376 e. The van der Waals surface area contributed by atoms with E-state index >= 15 is 0 Å². The maximum absolute atomic E-state index is 5.52. The molecule has 2 heterocycles. The molecule has 2 aliphatic heterocycles. The molecule has 0 bridgehead atoms. The maximum Gasteiger partial charge on any atom is 0.168 e. The van der Waals surface area contributed by atoms with E-state index in [4.69, 9.17) is 18.0 Å². The number of hydrogen-bond acceptors (Lipinski definition) is 2. The number of nitrogens with zero attached hydrogens (tertiary/aromatic N) is 1. The Hall–Kier alpha value is -1.13. The molecule has 0 aliphatic carbocycles. The Morgan fingerprint density at radius 1 is 1.33 bits per heavy atom. The summed E-state index contributed by atoms with van der Waals surface area (Å²) >= 11 is 4.88. The predicted molar refractivity (Wildman–Crippen MR) is 78.6 cm³/mol. The van der Waals surface area contributed by atoms with Crippen LogP contribution in [0.15, 0.2) is 18.2 Å². The standard InChI is InChI=1S/C14H19N3S/c15-14(18)16-12-5-4-10-8-13-3-1-2-6-17(13)9-11(10)7-12/h4-5,7,13H,1-3,6,8-9H2,(H3,15,16,18). The fourth-order valence-electron chi connectivity index (χ4n) is 3.16. The summed E-state index contributed by atoms with van der Waals surface area (Å²) in [5.41, 5.74) is 9.45. The highest BCUT2D eigenvalue weighted by atomic mass is 32.1. The van der Waals surface area contributed by atoms with E-state index in [-0.39, 0.29) is 0 Å². The van der Waals surface area contributed by atoms with Crippen molar-refractivity contribution in [2.24, 2.45) is 5.73 Å². The Morgan fingerprint density at radius 2 is 2.22 bits per heavy atom. The lowest BCUT2D eigenvalue weighted by atomic mass is 9.88. The Morgan fingerprint density at radius 3 is 3.06 bits per heavy atom. The molecule has 0 radical (unpaired) electrons. The lowest BCUT2D eigenvalue weighted by molar-refractivity contribution is 0.127. The van der Waals surface area contributed by atoms with Crippen LogP contribution in [0.2, 0.25) is 0 Å². The lowest BCUT2D eigenvalue weighted by Crippen LogP contribution is -2.43. The average molecular weight is 261 g/mol. The first-order chi connectivity index (χ1) is 8.72. The van der Waals surface area contributed by atoms with Crippen molar-refractivity contribution in [1.82, 2.24) is 4.90 Å². The molecule has 2 aliphatic rings. The molecule has 3 N–H and O–H groups in total. The molecule has 18 heavy (non-hydrogen) atoms. The Balaban J connectivity index is 1.84. The van der Waals surface area contributed by atoms with E-state index in [1.807, 2.05) is 0 Å². The van der Waals surface area contributed by atoms with Crippen molar-refractivity contribution in [3.05, 3.63) is 29.3 Å². The molecular formula is C14H19N3S. The molecule has 0 spiro atoms. The number of rotatable bonds is 1. The van der Waals surface area contributed by atoms with Crippen LogP contribution in [0.4, 0.5) is 5.69 Å². The summed E-state index contributed by atoms with van der Waals surface area (Å²) in [4.78, 5) is 2.62. The van der Waals surface area contributed by atoms with Gasteiger partial charge in [-0.3, -0.25) is 4.90 Å². The first-order valence-corrected chi connectivity index (χ1v) is 7.05. The second-order valence-electron chi connectivity index (χ2n) is 5.30. The molecule has 0 saturated carbocycles. The third-order valence-corrected chi connectivity index (χ3v) is 4.15. The average Bonchev–Trinajstić information content (AvgIpc) is 2.35. The number of fused-ring (bicyclic) bond motifs is 2. The van der Waals surface area contributed by atoms with Crippen LogP contribution < -0.4 is 11.1 Å². The highest BCUT2D eigenvalue weighted by molar-refractivity contribution is 7.80. The van der Waals surface area contributed by atoms with Gasteiger partial charge in [0.2, 0.25) is 0 Å². The molecular weight excluding hydrogens is 242 g/mol. The van der Waals surface area contributed by atoms with Gasteiger partial charge in [0.25, 0.3) is 0 Å². The highest BCUT2D eigenvalue weighted by Gasteiger charge is 2.27. The summed E-state index contributed by atoms with van der Waals surface area (Å²) in [5, 5.41) is 3.35. The van der Waals surface area contributed by atoms with Crippen LogP contribution in [0, 0.1) is 0 Å². The molecule has 1 fully saturated rings. The lowest BCUT2D eigenvalue weighted by Gasteiger charge is -2.40. The molecule has 4 heteroatoms. The minimum Gasteiger partial charge on any atom is -0.376 e.